The number of halogens is 3. The molecule has 1 saturated heterocycles. The molecule has 9 heteroatoms. The van der Waals surface area contributed by atoms with Gasteiger partial charge >= 0.3 is 5.97 Å². The largest absolute Gasteiger partial charge is 0.475 e. The molecule has 1 aromatic heterocycles. The zero-order valence-corrected chi connectivity index (χ0v) is 17.3. The Morgan fingerprint density at radius 3 is 2.21 bits per heavy atom. The first kappa shape index (κ1) is 19.9. The van der Waals surface area contributed by atoms with E-state index < -0.39 is 5.97 Å². The Bertz CT molecular complexity index is 1100. The summed E-state index contributed by atoms with van der Waals surface area (Å²) in [5, 5.41) is 10.9. The standard InChI is InChI=1S/C20H15Cl3N2O4/c21-12-7-11(8-13(22)9-12)19(26)25-5-3-24(4-6-25)15-1-2-16-14(18(15)23)10-17(29-16)20(27)28/h1-2,7-10H,3-6H2,(H,27,28). The SMILES string of the molecule is O=C(O)c1cc2c(Cl)c(N3CCN(C(=O)c4cc(Cl)cc(Cl)c4)CC3)ccc2o1. The van der Waals surface area contributed by atoms with Crippen molar-refractivity contribution in [1.29, 1.82) is 0 Å². The van der Waals surface area contributed by atoms with Gasteiger partial charge in [0, 0.05) is 53.2 Å². The quantitative estimate of drug-likeness (QED) is 0.600. The van der Waals surface area contributed by atoms with Gasteiger partial charge in [-0.25, -0.2) is 4.79 Å². The lowest BCUT2D eigenvalue weighted by Crippen LogP contribution is -2.48. The van der Waals surface area contributed by atoms with E-state index in [1.54, 1.807) is 35.2 Å². The van der Waals surface area contributed by atoms with Crippen LogP contribution in [-0.2, 0) is 0 Å². The number of carboxylic acid groups (broad SMARTS) is 1. The highest BCUT2D eigenvalue weighted by molar-refractivity contribution is 6.38. The van der Waals surface area contributed by atoms with Gasteiger partial charge in [0.1, 0.15) is 5.58 Å². The van der Waals surface area contributed by atoms with Gasteiger partial charge in [0.05, 0.1) is 10.7 Å². The van der Waals surface area contributed by atoms with Crippen molar-refractivity contribution in [2.45, 2.75) is 0 Å². The maximum atomic E-state index is 12.8. The molecule has 3 aromatic rings. The number of piperazine rings is 1. The van der Waals surface area contributed by atoms with Crippen molar-refractivity contribution in [3.63, 3.8) is 0 Å². The molecular weight excluding hydrogens is 439 g/mol. The summed E-state index contributed by atoms with van der Waals surface area (Å²) in [5.41, 5.74) is 1.65. The van der Waals surface area contributed by atoms with Crippen molar-refractivity contribution in [1.82, 2.24) is 4.90 Å². The number of anilines is 1. The van der Waals surface area contributed by atoms with Crippen LogP contribution in [0.1, 0.15) is 20.9 Å². The lowest BCUT2D eigenvalue weighted by molar-refractivity contribution is 0.0664. The number of carboxylic acids is 1. The van der Waals surface area contributed by atoms with Crippen molar-refractivity contribution >= 4 is 63.3 Å². The molecule has 2 aromatic carbocycles. The molecule has 1 fully saturated rings. The first-order chi connectivity index (χ1) is 13.8. The minimum Gasteiger partial charge on any atom is -0.475 e. The van der Waals surface area contributed by atoms with Crippen LogP contribution >= 0.6 is 34.8 Å². The molecule has 0 unspecified atom stereocenters. The minimum absolute atomic E-state index is 0.128. The summed E-state index contributed by atoms with van der Waals surface area (Å²) in [6, 6.07) is 9.72. The molecule has 29 heavy (non-hydrogen) atoms. The predicted molar refractivity (Wildman–Crippen MR) is 113 cm³/mol. The second-order valence-corrected chi connectivity index (χ2v) is 7.91. The van der Waals surface area contributed by atoms with Gasteiger partial charge in [0.2, 0.25) is 5.76 Å². The Balaban J connectivity index is 1.51. The van der Waals surface area contributed by atoms with Crippen LogP contribution in [0.3, 0.4) is 0 Å². The average Bonchev–Trinajstić information content (AvgIpc) is 3.13. The molecule has 1 aliphatic rings. The number of nitrogens with zero attached hydrogens (tertiary/aromatic N) is 2. The monoisotopic (exact) mass is 452 g/mol. The zero-order valence-electron chi connectivity index (χ0n) is 15.0. The van der Waals surface area contributed by atoms with Gasteiger partial charge < -0.3 is 19.3 Å². The molecule has 1 aliphatic heterocycles. The lowest BCUT2D eigenvalue weighted by Gasteiger charge is -2.36. The first-order valence-corrected chi connectivity index (χ1v) is 9.92. The number of furan rings is 1. The van der Waals surface area contributed by atoms with Crippen LogP contribution in [0, 0.1) is 0 Å². The number of carbonyl (C=O) groups is 2. The minimum atomic E-state index is -1.15. The molecule has 6 nitrogen and oxygen atoms in total. The summed E-state index contributed by atoms with van der Waals surface area (Å²) in [6.07, 6.45) is 0. The van der Waals surface area contributed by atoms with E-state index >= 15 is 0 Å². The second-order valence-electron chi connectivity index (χ2n) is 6.66. The van der Waals surface area contributed by atoms with Crippen LogP contribution in [-0.4, -0.2) is 48.1 Å². The smallest absolute Gasteiger partial charge is 0.371 e. The van der Waals surface area contributed by atoms with E-state index in [1.165, 1.54) is 6.07 Å². The van der Waals surface area contributed by atoms with E-state index in [4.69, 9.17) is 44.3 Å². The third-order valence-corrected chi connectivity index (χ3v) is 5.68. The summed E-state index contributed by atoms with van der Waals surface area (Å²) < 4.78 is 5.29. The van der Waals surface area contributed by atoms with Crippen LogP contribution in [0.5, 0.6) is 0 Å². The number of rotatable bonds is 3. The van der Waals surface area contributed by atoms with Crippen LogP contribution in [0.15, 0.2) is 40.8 Å². The number of aromatic carboxylic acids is 1. The average molecular weight is 454 g/mol. The number of fused-ring (bicyclic) bond motifs is 1. The Labute approximate surface area is 181 Å². The molecule has 0 aliphatic carbocycles. The third kappa shape index (κ3) is 3.88. The summed E-state index contributed by atoms with van der Waals surface area (Å²) in [5.74, 6) is -1.43. The Morgan fingerprint density at radius 2 is 1.59 bits per heavy atom. The Hall–Kier alpha value is -2.41. The maximum Gasteiger partial charge on any atom is 0.371 e. The van der Waals surface area contributed by atoms with Gasteiger partial charge in [0.15, 0.2) is 0 Å². The summed E-state index contributed by atoms with van der Waals surface area (Å²) in [4.78, 5) is 27.7. The summed E-state index contributed by atoms with van der Waals surface area (Å²) in [7, 11) is 0. The molecular formula is C20H15Cl3N2O4. The molecule has 0 bridgehead atoms. The maximum absolute atomic E-state index is 12.8. The van der Waals surface area contributed by atoms with Gasteiger partial charge in [-0.1, -0.05) is 34.8 Å². The Kier molecular flexibility index (Phi) is 5.34. The molecule has 0 spiro atoms. The van der Waals surface area contributed by atoms with E-state index in [9.17, 15) is 9.59 Å². The molecule has 0 radical (unpaired) electrons. The zero-order chi connectivity index (χ0) is 20.7. The van der Waals surface area contributed by atoms with Gasteiger partial charge in [-0.15, -0.1) is 0 Å². The van der Waals surface area contributed by atoms with Crippen LogP contribution in [0.2, 0.25) is 15.1 Å². The molecule has 2 heterocycles. The van der Waals surface area contributed by atoms with Gasteiger partial charge in [0.25, 0.3) is 5.91 Å². The molecule has 0 atom stereocenters. The highest BCUT2D eigenvalue weighted by Gasteiger charge is 2.25. The van der Waals surface area contributed by atoms with Crippen LogP contribution < -0.4 is 4.90 Å². The fraction of sp³-hybridized carbons (Fsp3) is 0.200. The number of carbonyl (C=O) groups excluding carboxylic acids is 1. The van der Waals surface area contributed by atoms with Crippen LogP contribution in [0.4, 0.5) is 5.69 Å². The van der Waals surface area contributed by atoms with Crippen LogP contribution in [0.25, 0.3) is 11.0 Å². The van der Waals surface area contributed by atoms with Gasteiger partial charge in [-0.05, 0) is 30.3 Å². The molecule has 0 saturated carbocycles. The van der Waals surface area contributed by atoms with Gasteiger partial charge in [-0.2, -0.15) is 0 Å². The normalized spacial score (nSPS) is 14.4. The number of benzene rings is 2. The van der Waals surface area contributed by atoms with E-state index in [1.807, 2.05) is 0 Å². The summed E-state index contributed by atoms with van der Waals surface area (Å²) in [6.45, 7) is 2.16. The second kappa shape index (κ2) is 7.78. The predicted octanol–water partition coefficient (Wildman–Crippen LogP) is 5.05. The highest BCUT2D eigenvalue weighted by atomic mass is 35.5. The Morgan fingerprint density at radius 1 is 0.931 bits per heavy atom. The third-order valence-electron chi connectivity index (χ3n) is 4.84. The van der Waals surface area contributed by atoms with Crippen molar-refractivity contribution in [2.24, 2.45) is 0 Å². The van der Waals surface area contributed by atoms with Crippen molar-refractivity contribution in [2.75, 3.05) is 31.1 Å². The van der Waals surface area contributed by atoms with E-state index in [0.29, 0.717) is 57.8 Å². The topological polar surface area (TPSA) is 74.0 Å². The lowest BCUT2D eigenvalue weighted by atomic mass is 10.1. The molecule has 1 N–H and O–H groups in total. The summed E-state index contributed by atoms with van der Waals surface area (Å²) >= 11 is 18.5. The van der Waals surface area contributed by atoms with Gasteiger partial charge in [-0.3, -0.25) is 4.79 Å². The number of hydrogen-bond donors (Lipinski definition) is 1. The van der Waals surface area contributed by atoms with Crippen molar-refractivity contribution in [3.8, 4) is 0 Å². The molecule has 150 valence electrons. The number of amides is 1. The first-order valence-electron chi connectivity index (χ1n) is 8.79. The van der Waals surface area contributed by atoms with Crippen molar-refractivity contribution in [3.05, 3.63) is 62.8 Å². The van der Waals surface area contributed by atoms with E-state index in [0.717, 1.165) is 5.69 Å². The fourth-order valence-electron chi connectivity index (χ4n) is 3.43. The number of hydrogen-bond acceptors (Lipinski definition) is 4. The van der Waals surface area contributed by atoms with E-state index in [-0.39, 0.29) is 11.7 Å². The van der Waals surface area contributed by atoms with E-state index in [2.05, 4.69) is 4.90 Å². The fourth-order valence-corrected chi connectivity index (χ4v) is 4.28. The van der Waals surface area contributed by atoms with Crippen molar-refractivity contribution < 1.29 is 19.1 Å². The molecule has 4 rings (SSSR count). The molecule has 1 amide bonds. The highest BCUT2D eigenvalue weighted by Crippen LogP contribution is 2.36.